The molecule has 0 fully saturated rings. The molecule has 0 radical (unpaired) electrons. The first-order valence-corrected chi connectivity index (χ1v) is 8.34. The van der Waals surface area contributed by atoms with E-state index >= 15 is 0 Å². The zero-order valence-electron chi connectivity index (χ0n) is 13.3. The molecule has 0 bridgehead atoms. The standard InChI is InChI=1S/C18H19BrN2O3/c1-24-11-5-10-20-17(22)13-6-4-7-14(12-13)21-18(23)15-8-2-3-9-16(15)19/h2-4,6-9,12H,5,10-11H2,1H3,(H,20,22)(H,21,23). The van der Waals surface area contributed by atoms with Gasteiger partial charge in [0.15, 0.2) is 0 Å². The van der Waals surface area contributed by atoms with Gasteiger partial charge >= 0.3 is 0 Å². The van der Waals surface area contributed by atoms with E-state index in [-0.39, 0.29) is 11.8 Å². The SMILES string of the molecule is COCCCNC(=O)c1cccc(NC(=O)c2ccccc2Br)c1. The molecule has 0 saturated heterocycles. The largest absolute Gasteiger partial charge is 0.385 e. The van der Waals surface area contributed by atoms with Crippen molar-refractivity contribution in [1.82, 2.24) is 5.32 Å². The van der Waals surface area contributed by atoms with Gasteiger partial charge in [0, 0.05) is 36.0 Å². The summed E-state index contributed by atoms with van der Waals surface area (Å²) in [6, 6.07) is 14.0. The van der Waals surface area contributed by atoms with E-state index < -0.39 is 0 Å². The van der Waals surface area contributed by atoms with Crippen molar-refractivity contribution in [2.45, 2.75) is 6.42 Å². The van der Waals surface area contributed by atoms with E-state index in [9.17, 15) is 9.59 Å². The normalized spacial score (nSPS) is 10.2. The Balaban J connectivity index is 2.01. The molecule has 0 unspecified atom stereocenters. The molecular formula is C18H19BrN2O3. The van der Waals surface area contributed by atoms with Gasteiger partial charge in [0.05, 0.1) is 5.56 Å². The van der Waals surface area contributed by atoms with Crippen LogP contribution in [0.4, 0.5) is 5.69 Å². The summed E-state index contributed by atoms with van der Waals surface area (Å²) in [4.78, 5) is 24.4. The maximum atomic E-state index is 12.3. The highest BCUT2D eigenvalue weighted by molar-refractivity contribution is 9.10. The van der Waals surface area contributed by atoms with Crippen molar-refractivity contribution in [3.05, 3.63) is 64.1 Å². The molecule has 5 nitrogen and oxygen atoms in total. The lowest BCUT2D eigenvalue weighted by molar-refractivity contribution is 0.0947. The number of anilines is 1. The van der Waals surface area contributed by atoms with E-state index in [2.05, 4.69) is 26.6 Å². The fourth-order valence-corrected chi connectivity index (χ4v) is 2.57. The highest BCUT2D eigenvalue weighted by atomic mass is 79.9. The fourth-order valence-electron chi connectivity index (χ4n) is 2.10. The smallest absolute Gasteiger partial charge is 0.256 e. The minimum Gasteiger partial charge on any atom is -0.385 e. The molecule has 0 saturated carbocycles. The van der Waals surface area contributed by atoms with Crippen molar-refractivity contribution in [3.8, 4) is 0 Å². The molecule has 6 heteroatoms. The number of ether oxygens (including phenoxy) is 1. The van der Waals surface area contributed by atoms with Gasteiger partial charge in [0.1, 0.15) is 0 Å². The van der Waals surface area contributed by atoms with Crippen LogP contribution in [-0.2, 0) is 4.74 Å². The molecule has 0 aliphatic rings. The van der Waals surface area contributed by atoms with Gasteiger partial charge in [0.25, 0.3) is 11.8 Å². The Bertz CT molecular complexity index is 719. The third kappa shape index (κ3) is 5.18. The molecule has 2 N–H and O–H groups in total. The number of rotatable bonds is 7. The summed E-state index contributed by atoms with van der Waals surface area (Å²) in [6.45, 7) is 1.14. The number of nitrogens with one attached hydrogen (secondary N) is 2. The second-order valence-corrected chi connectivity index (χ2v) is 5.97. The molecule has 126 valence electrons. The van der Waals surface area contributed by atoms with E-state index in [1.54, 1.807) is 49.6 Å². The van der Waals surface area contributed by atoms with Crippen LogP contribution in [0.25, 0.3) is 0 Å². The van der Waals surface area contributed by atoms with E-state index in [4.69, 9.17) is 4.74 Å². The Kier molecular flexibility index (Phi) is 6.96. The van der Waals surface area contributed by atoms with Gasteiger partial charge in [-0.05, 0) is 52.7 Å². The first kappa shape index (κ1) is 18.2. The van der Waals surface area contributed by atoms with Crippen molar-refractivity contribution in [2.75, 3.05) is 25.6 Å². The number of methoxy groups -OCH3 is 1. The Labute approximate surface area is 149 Å². The van der Waals surface area contributed by atoms with Crippen LogP contribution in [0.1, 0.15) is 27.1 Å². The molecular weight excluding hydrogens is 372 g/mol. The molecule has 2 rings (SSSR count). The summed E-state index contributed by atoms with van der Waals surface area (Å²) in [5.74, 6) is -0.414. The summed E-state index contributed by atoms with van der Waals surface area (Å²) >= 11 is 3.35. The number of benzene rings is 2. The second-order valence-electron chi connectivity index (χ2n) is 5.12. The molecule has 0 aliphatic carbocycles. The lowest BCUT2D eigenvalue weighted by Gasteiger charge is -2.09. The van der Waals surface area contributed by atoms with Crippen LogP contribution in [0.5, 0.6) is 0 Å². The molecule has 0 spiro atoms. The lowest BCUT2D eigenvalue weighted by Crippen LogP contribution is -2.25. The second kappa shape index (κ2) is 9.20. The van der Waals surface area contributed by atoms with E-state index in [1.165, 1.54) is 0 Å². The van der Waals surface area contributed by atoms with Gasteiger partial charge in [-0.1, -0.05) is 18.2 Å². The third-order valence-corrected chi connectivity index (χ3v) is 4.00. The van der Waals surface area contributed by atoms with Crippen LogP contribution in [0.3, 0.4) is 0 Å². The van der Waals surface area contributed by atoms with Crippen molar-refractivity contribution in [2.24, 2.45) is 0 Å². The Morgan fingerprint density at radius 2 is 1.88 bits per heavy atom. The first-order chi connectivity index (χ1) is 11.6. The molecule has 2 aromatic carbocycles. The van der Waals surface area contributed by atoms with E-state index in [0.717, 1.165) is 10.9 Å². The highest BCUT2D eigenvalue weighted by Crippen LogP contribution is 2.18. The topological polar surface area (TPSA) is 67.4 Å². The Morgan fingerprint density at radius 1 is 1.08 bits per heavy atom. The predicted octanol–water partition coefficient (Wildman–Crippen LogP) is 3.47. The molecule has 0 aliphatic heterocycles. The van der Waals surface area contributed by atoms with Gasteiger partial charge in [-0.15, -0.1) is 0 Å². The minimum atomic E-state index is -0.236. The van der Waals surface area contributed by atoms with Crippen LogP contribution in [0.2, 0.25) is 0 Å². The minimum absolute atomic E-state index is 0.178. The van der Waals surface area contributed by atoms with Crippen LogP contribution >= 0.6 is 15.9 Å². The molecule has 24 heavy (non-hydrogen) atoms. The number of carbonyl (C=O) groups is 2. The maximum absolute atomic E-state index is 12.3. The number of carbonyl (C=O) groups excluding carboxylic acids is 2. The van der Waals surface area contributed by atoms with Crippen LogP contribution in [0.15, 0.2) is 53.0 Å². The number of hydrogen-bond donors (Lipinski definition) is 2. The van der Waals surface area contributed by atoms with Gasteiger partial charge in [0.2, 0.25) is 0 Å². The average Bonchev–Trinajstić information content (AvgIpc) is 2.59. The van der Waals surface area contributed by atoms with Crippen molar-refractivity contribution < 1.29 is 14.3 Å². The zero-order valence-corrected chi connectivity index (χ0v) is 14.9. The predicted molar refractivity (Wildman–Crippen MR) is 97.4 cm³/mol. The summed E-state index contributed by atoms with van der Waals surface area (Å²) in [5.41, 5.74) is 1.60. The van der Waals surface area contributed by atoms with Gasteiger partial charge in [-0.3, -0.25) is 9.59 Å². The molecule has 0 aromatic heterocycles. The number of halogens is 1. The summed E-state index contributed by atoms with van der Waals surface area (Å²) < 4.78 is 5.66. The number of amides is 2. The number of hydrogen-bond acceptors (Lipinski definition) is 3. The first-order valence-electron chi connectivity index (χ1n) is 7.55. The fraction of sp³-hybridized carbons (Fsp3) is 0.222. The maximum Gasteiger partial charge on any atom is 0.256 e. The quantitative estimate of drug-likeness (QED) is 0.711. The van der Waals surface area contributed by atoms with Crippen LogP contribution in [-0.4, -0.2) is 32.1 Å². The molecule has 2 aromatic rings. The van der Waals surface area contributed by atoms with Gasteiger partial charge in [-0.2, -0.15) is 0 Å². The Morgan fingerprint density at radius 3 is 2.62 bits per heavy atom. The van der Waals surface area contributed by atoms with Crippen molar-refractivity contribution in [1.29, 1.82) is 0 Å². The van der Waals surface area contributed by atoms with Gasteiger partial charge < -0.3 is 15.4 Å². The average molecular weight is 391 g/mol. The van der Waals surface area contributed by atoms with Crippen molar-refractivity contribution in [3.63, 3.8) is 0 Å². The van der Waals surface area contributed by atoms with Crippen LogP contribution in [0, 0.1) is 0 Å². The summed E-state index contributed by atoms with van der Waals surface area (Å²) in [6.07, 6.45) is 0.751. The van der Waals surface area contributed by atoms with E-state index in [1.807, 2.05) is 6.07 Å². The summed E-state index contributed by atoms with van der Waals surface area (Å²) in [5, 5.41) is 5.62. The van der Waals surface area contributed by atoms with E-state index in [0.29, 0.717) is 30.0 Å². The summed E-state index contributed by atoms with van der Waals surface area (Å²) in [7, 11) is 1.62. The lowest BCUT2D eigenvalue weighted by atomic mass is 10.1. The molecule has 0 heterocycles. The third-order valence-electron chi connectivity index (χ3n) is 3.31. The molecule has 0 atom stereocenters. The Hall–Kier alpha value is -2.18. The van der Waals surface area contributed by atoms with Crippen LogP contribution < -0.4 is 10.6 Å². The monoisotopic (exact) mass is 390 g/mol. The molecule has 2 amide bonds. The van der Waals surface area contributed by atoms with Crippen molar-refractivity contribution >= 4 is 33.4 Å². The highest BCUT2D eigenvalue weighted by Gasteiger charge is 2.11. The van der Waals surface area contributed by atoms with Gasteiger partial charge in [-0.25, -0.2) is 0 Å². The zero-order chi connectivity index (χ0) is 17.4.